The SMILES string of the molecule is Cc1c(Cc2cc(C(=O)N3CCN(C4CCCC4)C(=O)C3)c(F)cc2Br)n[nH]c(=O)c1C. The molecule has 32 heavy (non-hydrogen) atoms. The molecule has 0 radical (unpaired) electrons. The van der Waals surface area contributed by atoms with Crippen molar-refractivity contribution in [2.24, 2.45) is 0 Å². The molecule has 4 rings (SSSR count). The molecule has 1 saturated heterocycles. The van der Waals surface area contributed by atoms with E-state index in [4.69, 9.17) is 0 Å². The van der Waals surface area contributed by atoms with E-state index < -0.39 is 11.7 Å². The van der Waals surface area contributed by atoms with Crippen LogP contribution in [-0.4, -0.2) is 57.5 Å². The number of amides is 2. The Morgan fingerprint density at radius 3 is 2.59 bits per heavy atom. The Hall–Kier alpha value is -2.55. The van der Waals surface area contributed by atoms with Gasteiger partial charge in [0.25, 0.3) is 11.5 Å². The van der Waals surface area contributed by atoms with Gasteiger partial charge in [0, 0.05) is 35.6 Å². The third kappa shape index (κ3) is 4.35. The number of halogens is 2. The van der Waals surface area contributed by atoms with Gasteiger partial charge in [0.1, 0.15) is 12.4 Å². The average molecular weight is 505 g/mol. The molecule has 0 atom stereocenters. The van der Waals surface area contributed by atoms with Crippen LogP contribution in [0.15, 0.2) is 21.4 Å². The first-order chi connectivity index (χ1) is 15.3. The van der Waals surface area contributed by atoms with Gasteiger partial charge in [-0.05, 0) is 49.9 Å². The number of aromatic amines is 1. The first kappa shape index (κ1) is 22.6. The Balaban J connectivity index is 1.55. The van der Waals surface area contributed by atoms with Gasteiger partial charge in [-0.15, -0.1) is 0 Å². The average Bonchev–Trinajstić information content (AvgIpc) is 3.29. The van der Waals surface area contributed by atoms with E-state index >= 15 is 0 Å². The van der Waals surface area contributed by atoms with Crippen LogP contribution in [-0.2, 0) is 11.2 Å². The summed E-state index contributed by atoms with van der Waals surface area (Å²) in [6, 6.07) is 3.05. The first-order valence-electron chi connectivity index (χ1n) is 10.9. The number of piperazine rings is 1. The predicted molar refractivity (Wildman–Crippen MR) is 121 cm³/mol. The molecule has 9 heteroatoms. The molecule has 2 heterocycles. The van der Waals surface area contributed by atoms with Gasteiger partial charge < -0.3 is 9.80 Å². The zero-order chi connectivity index (χ0) is 23.0. The van der Waals surface area contributed by atoms with Gasteiger partial charge >= 0.3 is 0 Å². The van der Waals surface area contributed by atoms with Crippen molar-refractivity contribution in [3.63, 3.8) is 0 Å². The maximum atomic E-state index is 14.8. The molecular formula is C23H26BrFN4O3. The zero-order valence-electron chi connectivity index (χ0n) is 18.2. The number of carbonyl (C=O) groups is 2. The number of H-pyrrole nitrogens is 1. The summed E-state index contributed by atoms with van der Waals surface area (Å²) in [5, 5.41) is 6.59. The van der Waals surface area contributed by atoms with Crippen molar-refractivity contribution in [1.29, 1.82) is 0 Å². The van der Waals surface area contributed by atoms with Crippen LogP contribution in [0.3, 0.4) is 0 Å². The normalized spacial score (nSPS) is 17.3. The highest BCUT2D eigenvalue weighted by atomic mass is 79.9. The van der Waals surface area contributed by atoms with Crippen LogP contribution in [0.4, 0.5) is 4.39 Å². The fourth-order valence-corrected chi connectivity index (χ4v) is 5.01. The Morgan fingerprint density at radius 1 is 1.19 bits per heavy atom. The molecule has 2 aliphatic rings. The lowest BCUT2D eigenvalue weighted by atomic mass is 10.0. The first-order valence-corrected chi connectivity index (χ1v) is 11.7. The molecule has 0 bridgehead atoms. The summed E-state index contributed by atoms with van der Waals surface area (Å²) in [6.07, 6.45) is 4.61. The zero-order valence-corrected chi connectivity index (χ0v) is 19.8. The molecule has 0 spiro atoms. The largest absolute Gasteiger partial charge is 0.336 e. The molecular weight excluding hydrogens is 479 g/mol. The molecule has 2 fully saturated rings. The quantitative estimate of drug-likeness (QED) is 0.692. The second-order valence-electron chi connectivity index (χ2n) is 8.60. The van der Waals surface area contributed by atoms with Crippen molar-refractivity contribution < 1.29 is 14.0 Å². The summed E-state index contributed by atoms with van der Waals surface area (Å²) >= 11 is 3.37. The molecule has 0 unspecified atom stereocenters. The molecule has 1 aliphatic carbocycles. The van der Waals surface area contributed by atoms with Crippen molar-refractivity contribution in [3.05, 3.63) is 60.7 Å². The second kappa shape index (κ2) is 9.13. The van der Waals surface area contributed by atoms with Crippen LogP contribution in [0.2, 0.25) is 0 Å². The van der Waals surface area contributed by atoms with E-state index in [0.717, 1.165) is 31.2 Å². The van der Waals surface area contributed by atoms with Crippen molar-refractivity contribution in [1.82, 2.24) is 20.0 Å². The van der Waals surface area contributed by atoms with Crippen molar-refractivity contribution in [2.75, 3.05) is 19.6 Å². The molecule has 2 amide bonds. The number of rotatable bonds is 4. The summed E-state index contributed by atoms with van der Waals surface area (Å²) in [5.41, 5.74) is 2.33. The molecule has 1 N–H and O–H groups in total. The lowest BCUT2D eigenvalue weighted by molar-refractivity contribution is -0.137. The minimum Gasteiger partial charge on any atom is -0.336 e. The maximum Gasteiger partial charge on any atom is 0.267 e. The maximum absolute atomic E-state index is 14.8. The van der Waals surface area contributed by atoms with Crippen molar-refractivity contribution in [3.8, 4) is 0 Å². The molecule has 170 valence electrons. The van der Waals surface area contributed by atoms with Gasteiger partial charge in [-0.1, -0.05) is 28.8 Å². The smallest absolute Gasteiger partial charge is 0.267 e. The summed E-state index contributed by atoms with van der Waals surface area (Å²) in [5.74, 6) is -1.20. The van der Waals surface area contributed by atoms with E-state index in [1.807, 2.05) is 11.8 Å². The Kier molecular flexibility index (Phi) is 6.46. The van der Waals surface area contributed by atoms with Gasteiger partial charge in [0.05, 0.1) is 11.3 Å². The van der Waals surface area contributed by atoms with Crippen LogP contribution < -0.4 is 5.56 Å². The highest BCUT2D eigenvalue weighted by molar-refractivity contribution is 9.10. The summed E-state index contributed by atoms with van der Waals surface area (Å²) in [6.45, 7) is 4.38. The second-order valence-corrected chi connectivity index (χ2v) is 9.46. The van der Waals surface area contributed by atoms with E-state index in [1.54, 1.807) is 6.92 Å². The minimum atomic E-state index is -0.640. The van der Waals surface area contributed by atoms with Crippen LogP contribution in [0.5, 0.6) is 0 Å². The van der Waals surface area contributed by atoms with E-state index in [2.05, 4.69) is 26.1 Å². The standard InChI is InChI=1S/C23H26BrFN4O3/c1-13-14(2)22(31)27-26-20(13)10-15-9-17(19(25)11-18(15)24)23(32)28-7-8-29(21(30)12-28)16-5-3-4-6-16/h9,11,16H,3-8,10,12H2,1-2H3,(H,27,31). The highest BCUT2D eigenvalue weighted by Gasteiger charge is 2.34. The van der Waals surface area contributed by atoms with Gasteiger partial charge in [0.2, 0.25) is 5.91 Å². The third-order valence-electron chi connectivity index (χ3n) is 6.66. The fraction of sp³-hybridized carbons (Fsp3) is 0.478. The molecule has 1 saturated carbocycles. The monoisotopic (exact) mass is 504 g/mol. The van der Waals surface area contributed by atoms with Gasteiger partial charge in [-0.25, -0.2) is 9.49 Å². The lowest BCUT2D eigenvalue weighted by Crippen LogP contribution is -2.55. The van der Waals surface area contributed by atoms with E-state index in [9.17, 15) is 18.8 Å². The minimum absolute atomic E-state index is 0.0278. The number of hydrogen-bond donors (Lipinski definition) is 1. The molecule has 1 aromatic heterocycles. The van der Waals surface area contributed by atoms with Crippen LogP contribution in [0, 0.1) is 19.7 Å². The molecule has 1 aliphatic heterocycles. The summed E-state index contributed by atoms with van der Waals surface area (Å²) < 4.78 is 15.3. The number of nitrogens with zero attached hydrogens (tertiary/aromatic N) is 3. The lowest BCUT2D eigenvalue weighted by Gasteiger charge is -2.37. The van der Waals surface area contributed by atoms with E-state index in [1.165, 1.54) is 17.0 Å². The number of carbonyl (C=O) groups excluding carboxylic acids is 2. The highest BCUT2D eigenvalue weighted by Crippen LogP contribution is 2.27. The number of nitrogens with one attached hydrogen (secondary N) is 1. The van der Waals surface area contributed by atoms with Crippen molar-refractivity contribution >= 4 is 27.7 Å². The Labute approximate surface area is 194 Å². The third-order valence-corrected chi connectivity index (χ3v) is 7.40. The van der Waals surface area contributed by atoms with Gasteiger partial charge in [-0.3, -0.25) is 14.4 Å². The van der Waals surface area contributed by atoms with Crippen LogP contribution in [0.1, 0.15) is 58.4 Å². The van der Waals surface area contributed by atoms with Crippen LogP contribution >= 0.6 is 15.9 Å². The molecule has 7 nitrogen and oxygen atoms in total. The number of benzene rings is 1. The Bertz CT molecular complexity index is 1130. The van der Waals surface area contributed by atoms with Crippen molar-refractivity contribution in [2.45, 2.75) is 52.0 Å². The van der Waals surface area contributed by atoms with E-state index in [-0.39, 0.29) is 29.6 Å². The summed E-state index contributed by atoms with van der Waals surface area (Å²) in [4.78, 5) is 40.8. The molecule has 1 aromatic carbocycles. The van der Waals surface area contributed by atoms with Gasteiger partial charge in [-0.2, -0.15) is 5.10 Å². The fourth-order valence-electron chi connectivity index (χ4n) is 4.55. The predicted octanol–water partition coefficient (Wildman–Crippen LogP) is 3.11. The van der Waals surface area contributed by atoms with Crippen LogP contribution in [0.25, 0.3) is 0 Å². The summed E-state index contributed by atoms with van der Waals surface area (Å²) in [7, 11) is 0. The molecule has 2 aromatic rings. The topological polar surface area (TPSA) is 86.4 Å². The number of aromatic nitrogens is 2. The van der Waals surface area contributed by atoms with Gasteiger partial charge in [0.15, 0.2) is 0 Å². The Morgan fingerprint density at radius 2 is 1.91 bits per heavy atom. The number of hydrogen-bond acceptors (Lipinski definition) is 4. The van der Waals surface area contributed by atoms with E-state index in [0.29, 0.717) is 40.8 Å².